The maximum atomic E-state index is 11.0. The Morgan fingerprint density at radius 1 is 1.43 bits per heavy atom. The Hall–Kier alpha value is -2.34. The molecule has 21 heavy (non-hydrogen) atoms. The highest BCUT2D eigenvalue weighted by atomic mass is 16.5. The van der Waals surface area contributed by atoms with E-state index in [2.05, 4.69) is 10.4 Å². The number of carboxylic acid groups (broad SMARTS) is 1. The standard InChI is InChI=1S/C15H19N3O3/c1-11-12(10-18(2)17-11)9-16-7-8-21-14-6-4-3-5-13(14)15(19)20/h3-6,10,16H,7-9H2,1-2H3,(H,19,20). The molecule has 0 aliphatic carbocycles. The quantitative estimate of drug-likeness (QED) is 0.757. The fraction of sp³-hybridized carbons (Fsp3) is 0.333. The summed E-state index contributed by atoms with van der Waals surface area (Å²) in [5, 5.41) is 16.6. The lowest BCUT2D eigenvalue weighted by molar-refractivity contribution is 0.0692. The van der Waals surface area contributed by atoms with Crippen LogP contribution in [0, 0.1) is 6.92 Å². The molecular weight excluding hydrogens is 270 g/mol. The summed E-state index contributed by atoms with van der Waals surface area (Å²) in [6, 6.07) is 6.63. The van der Waals surface area contributed by atoms with Crippen LogP contribution in [0.15, 0.2) is 30.5 Å². The molecule has 1 heterocycles. The molecule has 112 valence electrons. The van der Waals surface area contributed by atoms with Crippen LogP contribution in [0.4, 0.5) is 0 Å². The Bertz CT molecular complexity index is 622. The van der Waals surface area contributed by atoms with Crippen molar-refractivity contribution >= 4 is 5.97 Å². The summed E-state index contributed by atoms with van der Waals surface area (Å²) < 4.78 is 7.29. The Labute approximate surface area is 123 Å². The summed E-state index contributed by atoms with van der Waals surface area (Å²) >= 11 is 0. The summed E-state index contributed by atoms with van der Waals surface area (Å²) in [7, 11) is 1.89. The van der Waals surface area contributed by atoms with E-state index in [-0.39, 0.29) is 5.56 Å². The van der Waals surface area contributed by atoms with E-state index in [0.717, 1.165) is 11.3 Å². The van der Waals surface area contributed by atoms with Gasteiger partial charge in [0.2, 0.25) is 0 Å². The number of nitrogens with zero attached hydrogens (tertiary/aromatic N) is 2. The van der Waals surface area contributed by atoms with Gasteiger partial charge in [-0.15, -0.1) is 0 Å². The SMILES string of the molecule is Cc1nn(C)cc1CNCCOc1ccccc1C(=O)O. The van der Waals surface area contributed by atoms with Crippen molar-refractivity contribution in [2.45, 2.75) is 13.5 Å². The molecule has 2 N–H and O–H groups in total. The van der Waals surface area contributed by atoms with Crippen molar-refractivity contribution in [1.29, 1.82) is 0 Å². The van der Waals surface area contributed by atoms with Crippen molar-refractivity contribution < 1.29 is 14.6 Å². The van der Waals surface area contributed by atoms with Crippen molar-refractivity contribution in [2.75, 3.05) is 13.2 Å². The van der Waals surface area contributed by atoms with E-state index < -0.39 is 5.97 Å². The van der Waals surface area contributed by atoms with Crippen molar-refractivity contribution in [1.82, 2.24) is 15.1 Å². The maximum Gasteiger partial charge on any atom is 0.339 e. The Kier molecular flexibility index (Phi) is 4.94. The molecule has 0 atom stereocenters. The summed E-state index contributed by atoms with van der Waals surface area (Å²) in [6.07, 6.45) is 1.98. The number of carboxylic acids is 1. The summed E-state index contributed by atoms with van der Waals surface area (Å²) in [4.78, 5) is 11.0. The molecule has 0 fully saturated rings. The normalized spacial score (nSPS) is 10.6. The number of hydrogen-bond donors (Lipinski definition) is 2. The van der Waals surface area contributed by atoms with Gasteiger partial charge in [0.25, 0.3) is 0 Å². The summed E-state index contributed by atoms with van der Waals surface area (Å²) in [5.74, 6) is -0.589. The van der Waals surface area contributed by atoms with E-state index in [1.54, 1.807) is 22.9 Å². The number of carbonyl (C=O) groups is 1. The third kappa shape index (κ3) is 4.06. The number of para-hydroxylation sites is 1. The fourth-order valence-electron chi connectivity index (χ4n) is 2.05. The molecule has 6 nitrogen and oxygen atoms in total. The average Bonchev–Trinajstić information content (AvgIpc) is 2.77. The van der Waals surface area contributed by atoms with Gasteiger partial charge in [0, 0.05) is 31.9 Å². The van der Waals surface area contributed by atoms with Crippen molar-refractivity contribution in [2.24, 2.45) is 7.05 Å². The minimum Gasteiger partial charge on any atom is -0.491 e. The van der Waals surface area contributed by atoms with Gasteiger partial charge in [0.05, 0.1) is 5.69 Å². The third-order valence-corrected chi connectivity index (χ3v) is 3.08. The molecule has 0 aliphatic heterocycles. The molecule has 2 aromatic rings. The van der Waals surface area contributed by atoms with Gasteiger partial charge in [0.15, 0.2) is 0 Å². The first-order valence-corrected chi connectivity index (χ1v) is 6.73. The minimum atomic E-state index is -0.982. The van der Waals surface area contributed by atoms with Crippen LogP contribution >= 0.6 is 0 Å². The minimum absolute atomic E-state index is 0.181. The zero-order chi connectivity index (χ0) is 15.2. The topological polar surface area (TPSA) is 76.4 Å². The third-order valence-electron chi connectivity index (χ3n) is 3.08. The maximum absolute atomic E-state index is 11.0. The van der Waals surface area contributed by atoms with Crippen LogP contribution in [0.25, 0.3) is 0 Å². The lowest BCUT2D eigenvalue weighted by Crippen LogP contribution is -2.21. The first kappa shape index (κ1) is 15.1. The van der Waals surface area contributed by atoms with E-state index in [1.807, 2.05) is 20.2 Å². The van der Waals surface area contributed by atoms with Crippen LogP contribution in [-0.4, -0.2) is 34.0 Å². The molecular formula is C15H19N3O3. The number of benzene rings is 1. The van der Waals surface area contributed by atoms with Gasteiger partial charge in [-0.25, -0.2) is 4.79 Å². The number of aromatic nitrogens is 2. The van der Waals surface area contributed by atoms with E-state index in [1.165, 1.54) is 6.07 Å². The van der Waals surface area contributed by atoms with Gasteiger partial charge in [-0.05, 0) is 19.1 Å². The summed E-state index contributed by atoms with van der Waals surface area (Å²) in [5.41, 5.74) is 2.33. The molecule has 2 rings (SSSR count). The van der Waals surface area contributed by atoms with E-state index >= 15 is 0 Å². The Morgan fingerprint density at radius 2 is 2.19 bits per heavy atom. The van der Waals surface area contributed by atoms with Crippen LogP contribution in [0.3, 0.4) is 0 Å². The number of hydrogen-bond acceptors (Lipinski definition) is 4. The fourth-order valence-corrected chi connectivity index (χ4v) is 2.05. The van der Waals surface area contributed by atoms with E-state index in [4.69, 9.17) is 9.84 Å². The molecule has 0 radical (unpaired) electrons. The zero-order valence-corrected chi connectivity index (χ0v) is 12.2. The first-order valence-electron chi connectivity index (χ1n) is 6.73. The van der Waals surface area contributed by atoms with E-state index in [0.29, 0.717) is 25.4 Å². The molecule has 6 heteroatoms. The highest BCUT2D eigenvalue weighted by Crippen LogP contribution is 2.17. The lowest BCUT2D eigenvalue weighted by Gasteiger charge is -2.09. The smallest absolute Gasteiger partial charge is 0.339 e. The molecule has 0 saturated carbocycles. The molecule has 0 amide bonds. The Balaban J connectivity index is 1.78. The molecule has 1 aromatic carbocycles. The monoisotopic (exact) mass is 289 g/mol. The number of nitrogens with one attached hydrogen (secondary N) is 1. The molecule has 0 spiro atoms. The second kappa shape index (κ2) is 6.90. The van der Waals surface area contributed by atoms with Crippen LogP contribution < -0.4 is 10.1 Å². The predicted molar refractivity (Wildman–Crippen MR) is 78.5 cm³/mol. The van der Waals surface area contributed by atoms with E-state index in [9.17, 15) is 4.79 Å². The van der Waals surface area contributed by atoms with Crippen LogP contribution in [0.2, 0.25) is 0 Å². The van der Waals surface area contributed by atoms with Gasteiger partial charge in [-0.3, -0.25) is 4.68 Å². The number of aromatic carboxylic acids is 1. The van der Waals surface area contributed by atoms with Gasteiger partial charge in [-0.2, -0.15) is 5.10 Å². The van der Waals surface area contributed by atoms with Gasteiger partial charge >= 0.3 is 5.97 Å². The zero-order valence-electron chi connectivity index (χ0n) is 12.2. The van der Waals surface area contributed by atoms with Crippen LogP contribution in [0.5, 0.6) is 5.75 Å². The van der Waals surface area contributed by atoms with Gasteiger partial charge in [0.1, 0.15) is 17.9 Å². The highest BCUT2D eigenvalue weighted by Gasteiger charge is 2.09. The number of rotatable bonds is 7. The van der Waals surface area contributed by atoms with Crippen molar-refractivity contribution in [3.8, 4) is 5.75 Å². The largest absolute Gasteiger partial charge is 0.491 e. The lowest BCUT2D eigenvalue weighted by atomic mass is 10.2. The van der Waals surface area contributed by atoms with Crippen LogP contribution in [0.1, 0.15) is 21.6 Å². The average molecular weight is 289 g/mol. The second-order valence-electron chi connectivity index (χ2n) is 4.74. The molecule has 0 saturated heterocycles. The second-order valence-corrected chi connectivity index (χ2v) is 4.74. The summed E-state index contributed by atoms with van der Waals surface area (Å²) in [6.45, 7) is 3.71. The predicted octanol–water partition coefficient (Wildman–Crippen LogP) is 1.60. The first-order chi connectivity index (χ1) is 10.1. The van der Waals surface area contributed by atoms with Crippen LogP contribution in [-0.2, 0) is 13.6 Å². The van der Waals surface area contributed by atoms with Crippen molar-refractivity contribution in [3.05, 3.63) is 47.3 Å². The number of aryl methyl sites for hydroxylation is 2. The Morgan fingerprint density at radius 3 is 2.86 bits per heavy atom. The van der Waals surface area contributed by atoms with Crippen molar-refractivity contribution in [3.63, 3.8) is 0 Å². The highest BCUT2D eigenvalue weighted by molar-refractivity contribution is 5.90. The molecule has 0 unspecified atom stereocenters. The molecule has 1 aromatic heterocycles. The molecule has 0 bridgehead atoms. The van der Waals surface area contributed by atoms with Gasteiger partial charge < -0.3 is 15.2 Å². The number of ether oxygens (including phenoxy) is 1. The molecule has 0 aliphatic rings. The van der Waals surface area contributed by atoms with Gasteiger partial charge in [-0.1, -0.05) is 12.1 Å².